The molecule has 0 aliphatic heterocycles. The molecule has 88 valence electrons. The molecule has 0 fully saturated rings. The van der Waals surface area contributed by atoms with Crippen molar-refractivity contribution in [3.8, 4) is 11.5 Å². The standard InChI is InChI=1S/C12H13N3O2/c13-15(14,9-1-5-11(16)6-2-9)10-3-7-12(17)8-4-10/h1-8H,13-14H2,(H-,16,17)/p+1. The average Bonchev–Trinajstić information content (AvgIpc) is 2.30. The lowest BCUT2D eigenvalue weighted by Crippen LogP contribution is -2.57. The summed E-state index contributed by atoms with van der Waals surface area (Å²) in [5, 5.41) is 18.4. The minimum atomic E-state index is -0.444. The summed E-state index contributed by atoms with van der Waals surface area (Å²) in [6.45, 7) is 0. The fraction of sp³-hybridized carbons (Fsp3) is 0. The Morgan fingerprint density at radius 1 is 0.647 bits per heavy atom. The summed E-state index contributed by atoms with van der Waals surface area (Å²) < 4.78 is -0.444. The number of nitrogens with zero attached hydrogens (tertiary/aromatic N) is 1. The van der Waals surface area contributed by atoms with Crippen LogP contribution < -0.4 is 16.4 Å². The van der Waals surface area contributed by atoms with E-state index in [1.54, 1.807) is 24.3 Å². The minimum Gasteiger partial charge on any atom is -0.508 e. The van der Waals surface area contributed by atoms with E-state index in [2.05, 4.69) is 0 Å². The van der Waals surface area contributed by atoms with Crippen molar-refractivity contribution >= 4 is 11.4 Å². The molecule has 2 rings (SSSR count). The van der Waals surface area contributed by atoms with Crippen molar-refractivity contribution in [3.05, 3.63) is 48.5 Å². The maximum atomic E-state index is 9.21. The van der Waals surface area contributed by atoms with Crippen molar-refractivity contribution in [2.24, 2.45) is 11.7 Å². The van der Waals surface area contributed by atoms with Gasteiger partial charge in [0.05, 0.1) is 0 Å². The molecule has 0 spiro atoms. The van der Waals surface area contributed by atoms with Crippen molar-refractivity contribution in [1.82, 2.24) is 4.70 Å². The van der Waals surface area contributed by atoms with Gasteiger partial charge in [-0.05, 0) is 24.3 Å². The van der Waals surface area contributed by atoms with Crippen LogP contribution in [0, 0.1) is 0 Å². The molecule has 0 bridgehead atoms. The topological polar surface area (TPSA) is 92.5 Å². The van der Waals surface area contributed by atoms with E-state index in [0.717, 1.165) is 0 Å². The second kappa shape index (κ2) is 4.06. The normalized spacial score (nSPS) is 11.4. The van der Waals surface area contributed by atoms with Gasteiger partial charge in [-0.3, -0.25) is 0 Å². The summed E-state index contributed by atoms with van der Waals surface area (Å²) in [4.78, 5) is 0. The Morgan fingerprint density at radius 3 is 1.24 bits per heavy atom. The molecule has 0 aromatic heterocycles. The van der Waals surface area contributed by atoms with Crippen LogP contribution in [0.5, 0.6) is 11.5 Å². The van der Waals surface area contributed by atoms with Crippen LogP contribution >= 0.6 is 0 Å². The highest BCUT2D eigenvalue weighted by atomic mass is 16.3. The van der Waals surface area contributed by atoms with Crippen molar-refractivity contribution in [2.45, 2.75) is 0 Å². The zero-order chi connectivity index (χ0) is 12.5. The lowest BCUT2D eigenvalue weighted by Gasteiger charge is -2.25. The smallest absolute Gasteiger partial charge is 0.176 e. The Balaban J connectivity index is 2.41. The van der Waals surface area contributed by atoms with Gasteiger partial charge in [0.2, 0.25) is 0 Å². The maximum absolute atomic E-state index is 9.21. The molecule has 2 aromatic carbocycles. The van der Waals surface area contributed by atoms with Gasteiger partial charge in [-0.2, -0.15) is 11.7 Å². The molecule has 17 heavy (non-hydrogen) atoms. The van der Waals surface area contributed by atoms with Gasteiger partial charge in [0, 0.05) is 24.3 Å². The van der Waals surface area contributed by atoms with Crippen molar-refractivity contribution in [2.75, 3.05) is 0 Å². The molecule has 0 radical (unpaired) electrons. The SMILES string of the molecule is N[N+](N)(c1ccc(O)cc1)c1ccc(O)cc1. The minimum absolute atomic E-state index is 0.152. The molecule has 0 unspecified atom stereocenters. The molecule has 5 nitrogen and oxygen atoms in total. The van der Waals surface area contributed by atoms with Crippen LogP contribution in [0.1, 0.15) is 0 Å². The highest BCUT2D eigenvalue weighted by Gasteiger charge is 2.25. The first-order valence-corrected chi connectivity index (χ1v) is 5.05. The van der Waals surface area contributed by atoms with Gasteiger partial charge < -0.3 is 10.2 Å². The number of aromatic hydroxyl groups is 2. The number of hydrogen-bond acceptors (Lipinski definition) is 4. The largest absolute Gasteiger partial charge is 0.508 e. The summed E-state index contributed by atoms with van der Waals surface area (Å²) in [7, 11) is 0. The number of hydrogen-bond donors (Lipinski definition) is 4. The van der Waals surface area contributed by atoms with E-state index in [9.17, 15) is 10.2 Å². The fourth-order valence-corrected chi connectivity index (χ4v) is 1.55. The molecule has 0 atom stereocenters. The number of phenolic OH excluding ortho intramolecular Hbond substituents is 2. The summed E-state index contributed by atoms with van der Waals surface area (Å²) in [6.07, 6.45) is 0. The molecule has 0 aliphatic carbocycles. The Bertz CT molecular complexity index is 459. The van der Waals surface area contributed by atoms with Gasteiger partial charge in [0.1, 0.15) is 11.5 Å². The van der Waals surface area contributed by atoms with E-state index >= 15 is 0 Å². The third kappa shape index (κ3) is 2.21. The van der Waals surface area contributed by atoms with Crippen LogP contribution in [0.15, 0.2) is 48.5 Å². The van der Waals surface area contributed by atoms with E-state index in [-0.39, 0.29) is 11.5 Å². The Kier molecular flexibility index (Phi) is 2.72. The first kappa shape index (κ1) is 11.4. The summed E-state index contributed by atoms with van der Waals surface area (Å²) >= 11 is 0. The molecule has 0 aliphatic rings. The molecular formula is C12H14N3O2+. The highest BCUT2D eigenvalue weighted by molar-refractivity contribution is 5.57. The fourth-order valence-electron chi connectivity index (χ4n) is 1.55. The number of phenols is 2. The van der Waals surface area contributed by atoms with Crippen LogP contribution in [0.25, 0.3) is 0 Å². The van der Waals surface area contributed by atoms with Crippen LogP contribution in [-0.2, 0) is 0 Å². The predicted octanol–water partition coefficient (Wildman–Crippen LogP) is 1.48. The maximum Gasteiger partial charge on any atom is 0.176 e. The first-order chi connectivity index (χ1) is 8.00. The van der Waals surface area contributed by atoms with Gasteiger partial charge >= 0.3 is 0 Å². The molecule has 0 heterocycles. The Hall–Kier alpha value is -2.08. The molecule has 0 amide bonds. The average molecular weight is 232 g/mol. The zero-order valence-corrected chi connectivity index (χ0v) is 9.12. The Labute approximate surface area is 98.7 Å². The van der Waals surface area contributed by atoms with E-state index in [1.807, 2.05) is 0 Å². The number of benzene rings is 2. The van der Waals surface area contributed by atoms with Crippen LogP contribution in [0.4, 0.5) is 11.4 Å². The van der Waals surface area contributed by atoms with Crippen LogP contribution in [-0.4, -0.2) is 10.2 Å². The zero-order valence-electron chi connectivity index (χ0n) is 9.12. The number of quaternary nitrogens is 1. The summed E-state index contributed by atoms with van der Waals surface area (Å²) in [5.41, 5.74) is 1.24. The molecular weight excluding hydrogens is 218 g/mol. The molecule has 5 heteroatoms. The van der Waals surface area contributed by atoms with Gasteiger partial charge in [-0.25, -0.2) is 0 Å². The second-order valence-electron chi connectivity index (χ2n) is 3.81. The van der Waals surface area contributed by atoms with E-state index in [0.29, 0.717) is 11.4 Å². The monoisotopic (exact) mass is 232 g/mol. The molecule has 6 N–H and O–H groups in total. The summed E-state index contributed by atoms with van der Waals surface area (Å²) in [5.74, 6) is 12.3. The Morgan fingerprint density at radius 2 is 0.941 bits per heavy atom. The second-order valence-corrected chi connectivity index (χ2v) is 3.81. The van der Waals surface area contributed by atoms with Crippen molar-refractivity contribution < 1.29 is 10.2 Å². The van der Waals surface area contributed by atoms with Crippen LogP contribution in [0.3, 0.4) is 0 Å². The van der Waals surface area contributed by atoms with Crippen LogP contribution in [0.2, 0.25) is 0 Å². The first-order valence-electron chi connectivity index (χ1n) is 5.05. The van der Waals surface area contributed by atoms with Gasteiger partial charge in [-0.1, -0.05) is 0 Å². The number of nitrogens with two attached hydrogens (primary N) is 2. The van der Waals surface area contributed by atoms with Gasteiger partial charge in [0.25, 0.3) is 0 Å². The van der Waals surface area contributed by atoms with Crippen molar-refractivity contribution in [1.29, 1.82) is 0 Å². The van der Waals surface area contributed by atoms with E-state index in [1.165, 1.54) is 24.3 Å². The van der Waals surface area contributed by atoms with E-state index < -0.39 is 4.70 Å². The molecule has 2 aromatic rings. The van der Waals surface area contributed by atoms with E-state index in [4.69, 9.17) is 11.7 Å². The van der Waals surface area contributed by atoms with Gasteiger partial charge in [0.15, 0.2) is 11.4 Å². The van der Waals surface area contributed by atoms with Gasteiger partial charge in [-0.15, -0.1) is 4.70 Å². The lowest BCUT2D eigenvalue weighted by atomic mass is 10.2. The lowest BCUT2D eigenvalue weighted by molar-refractivity contribution is 0.414. The molecule has 0 saturated heterocycles. The summed E-state index contributed by atoms with van der Waals surface area (Å²) in [6, 6.07) is 12.6. The van der Waals surface area contributed by atoms with Crippen molar-refractivity contribution in [3.63, 3.8) is 0 Å². The quantitative estimate of drug-likeness (QED) is 0.358. The molecule has 0 saturated carbocycles. The highest BCUT2D eigenvalue weighted by Crippen LogP contribution is 2.28. The number of rotatable bonds is 2. The third-order valence-corrected chi connectivity index (χ3v) is 2.55. The predicted molar refractivity (Wildman–Crippen MR) is 66.0 cm³/mol. The third-order valence-electron chi connectivity index (χ3n) is 2.55.